The molecular formula is C19H18Cl2N2O3. The van der Waals surface area contributed by atoms with Gasteiger partial charge in [-0.1, -0.05) is 23.2 Å². The van der Waals surface area contributed by atoms with Gasteiger partial charge >= 0.3 is 0 Å². The third kappa shape index (κ3) is 3.94. The summed E-state index contributed by atoms with van der Waals surface area (Å²) in [5, 5.41) is 6.32. The van der Waals surface area contributed by atoms with Crippen LogP contribution in [0, 0.1) is 5.41 Å². The summed E-state index contributed by atoms with van der Waals surface area (Å²) < 4.78 is 5.37. The predicted molar refractivity (Wildman–Crippen MR) is 103 cm³/mol. The number of benzene rings is 2. The van der Waals surface area contributed by atoms with E-state index in [2.05, 4.69) is 10.6 Å². The third-order valence-corrected chi connectivity index (χ3v) is 4.78. The first kappa shape index (κ1) is 18.5. The molecule has 26 heavy (non-hydrogen) atoms. The van der Waals surface area contributed by atoms with E-state index in [4.69, 9.17) is 27.9 Å². The lowest BCUT2D eigenvalue weighted by molar-refractivity contribution is -0.131. The van der Waals surface area contributed by atoms with Gasteiger partial charge in [0.1, 0.15) is 11.2 Å². The molecule has 0 aliphatic heterocycles. The molecule has 0 atom stereocenters. The highest BCUT2D eigenvalue weighted by Crippen LogP contribution is 2.48. The van der Waals surface area contributed by atoms with Gasteiger partial charge in [-0.2, -0.15) is 0 Å². The molecule has 2 amide bonds. The smallest absolute Gasteiger partial charge is 0.240 e. The SMILES string of the molecule is CCOc1ccc(NC(=O)C2(C(=O)Nc3cc(Cl)ccc3Cl)CC2)cc1. The number of hydrogen-bond acceptors (Lipinski definition) is 3. The summed E-state index contributed by atoms with van der Waals surface area (Å²) >= 11 is 12.0. The summed E-state index contributed by atoms with van der Waals surface area (Å²) in [6.07, 6.45) is 0.972. The molecular weight excluding hydrogens is 375 g/mol. The topological polar surface area (TPSA) is 67.4 Å². The molecule has 1 aliphatic carbocycles. The van der Waals surface area contributed by atoms with Crippen molar-refractivity contribution >= 4 is 46.4 Å². The minimum absolute atomic E-state index is 0.336. The van der Waals surface area contributed by atoms with Gasteiger partial charge < -0.3 is 15.4 Å². The van der Waals surface area contributed by atoms with Crippen molar-refractivity contribution in [2.24, 2.45) is 5.41 Å². The maximum absolute atomic E-state index is 12.6. The van der Waals surface area contributed by atoms with E-state index in [1.54, 1.807) is 42.5 Å². The summed E-state index contributed by atoms with van der Waals surface area (Å²) in [4.78, 5) is 25.3. The number of amides is 2. The van der Waals surface area contributed by atoms with E-state index in [0.717, 1.165) is 5.75 Å². The lowest BCUT2D eigenvalue weighted by Crippen LogP contribution is -2.35. The number of halogens is 2. The van der Waals surface area contributed by atoms with Gasteiger partial charge in [0, 0.05) is 10.7 Å². The number of carbonyl (C=O) groups is 2. The standard InChI is InChI=1S/C19H18Cl2N2O3/c1-2-26-14-6-4-13(5-7-14)22-17(24)19(9-10-19)18(25)23-16-11-12(20)3-8-15(16)21/h3-8,11H,2,9-10H2,1H3,(H,22,24)(H,23,25). The first-order valence-corrected chi connectivity index (χ1v) is 9.01. The van der Waals surface area contributed by atoms with Crippen LogP contribution >= 0.6 is 23.2 Å². The minimum Gasteiger partial charge on any atom is -0.494 e. The first-order valence-electron chi connectivity index (χ1n) is 8.25. The predicted octanol–water partition coefficient (Wildman–Crippen LogP) is 4.75. The molecule has 0 spiro atoms. The van der Waals surface area contributed by atoms with Gasteiger partial charge in [-0.25, -0.2) is 0 Å². The zero-order chi connectivity index (χ0) is 18.7. The van der Waals surface area contributed by atoms with E-state index in [-0.39, 0.29) is 11.8 Å². The van der Waals surface area contributed by atoms with Crippen molar-refractivity contribution < 1.29 is 14.3 Å². The Morgan fingerprint density at radius 3 is 2.31 bits per heavy atom. The summed E-state index contributed by atoms with van der Waals surface area (Å²) in [6, 6.07) is 11.8. The summed E-state index contributed by atoms with van der Waals surface area (Å²) in [7, 11) is 0. The fourth-order valence-electron chi connectivity index (χ4n) is 2.57. The zero-order valence-electron chi connectivity index (χ0n) is 14.1. The van der Waals surface area contributed by atoms with E-state index < -0.39 is 5.41 Å². The Hall–Kier alpha value is -2.24. The average molecular weight is 393 g/mol. The second kappa shape index (κ2) is 7.56. The molecule has 2 N–H and O–H groups in total. The van der Waals surface area contributed by atoms with Crippen molar-refractivity contribution in [1.29, 1.82) is 0 Å². The maximum Gasteiger partial charge on any atom is 0.240 e. The Balaban J connectivity index is 1.68. The van der Waals surface area contributed by atoms with Crippen molar-refractivity contribution in [3.05, 3.63) is 52.5 Å². The average Bonchev–Trinajstić information content (AvgIpc) is 3.42. The Labute approximate surface area is 161 Å². The van der Waals surface area contributed by atoms with Gasteiger partial charge in [0.05, 0.1) is 17.3 Å². The van der Waals surface area contributed by atoms with Crippen LogP contribution in [0.4, 0.5) is 11.4 Å². The highest BCUT2D eigenvalue weighted by Gasteiger charge is 2.56. The van der Waals surface area contributed by atoms with E-state index in [1.165, 1.54) is 0 Å². The van der Waals surface area contributed by atoms with Crippen LogP contribution in [0.3, 0.4) is 0 Å². The lowest BCUT2D eigenvalue weighted by atomic mass is 10.0. The van der Waals surface area contributed by atoms with Crippen LogP contribution in [0.5, 0.6) is 5.75 Å². The Morgan fingerprint density at radius 2 is 1.69 bits per heavy atom. The highest BCUT2D eigenvalue weighted by atomic mass is 35.5. The van der Waals surface area contributed by atoms with Crippen molar-refractivity contribution in [2.45, 2.75) is 19.8 Å². The van der Waals surface area contributed by atoms with E-state index >= 15 is 0 Å². The van der Waals surface area contributed by atoms with E-state index in [9.17, 15) is 9.59 Å². The molecule has 0 radical (unpaired) electrons. The monoisotopic (exact) mass is 392 g/mol. The zero-order valence-corrected chi connectivity index (χ0v) is 15.7. The number of anilines is 2. The molecule has 7 heteroatoms. The second-order valence-electron chi connectivity index (χ2n) is 6.07. The number of hydrogen-bond donors (Lipinski definition) is 2. The van der Waals surface area contributed by atoms with Crippen molar-refractivity contribution in [3.63, 3.8) is 0 Å². The third-order valence-electron chi connectivity index (χ3n) is 4.22. The molecule has 1 saturated carbocycles. The summed E-state index contributed by atoms with van der Waals surface area (Å²) in [6.45, 7) is 2.47. The molecule has 1 fully saturated rings. The fourth-order valence-corrected chi connectivity index (χ4v) is 2.91. The minimum atomic E-state index is -1.08. The van der Waals surface area contributed by atoms with Gasteiger partial charge in [0.2, 0.25) is 11.8 Å². The van der Waals surface area contributed by atoms with Gasteiger partial charge in [0.25, 0.3) is 0 Å². The molecule has 0 saturated heterocycles. The fraction of sp³-hybridized carbons (Fsp3) is 0.263. The normalized spacial score (nSPS) is 14.4. The molecule has 0 bridgehead atoms. The summed E-state index contributed by atoms with van der Waals surface area (Å²) in [5.41, 5.74) is -0.0767. The molecule has 136 valence electrons. The Kier molecular flexibility index (Phi) is 5.39. The molecule has 2 aromatic carbocycles. The lowest BCUT2D eigenvalue weighted by Gasteiger charge is -2.16. The Bertz CT molecular complexity index is 833. The van der Waals surface area contributed by atoms with Gasteiger partial charge in [-0.05, 0) is 62.2 Å². The second-order valence-corrected chi connectivity index (χ2v) is 6.92. The quantitative estimate of drug-likeness (QED) is 0.696. The number of nitrogens with one attached hydrogen (secondary N) is 2. The molecule has 5 nitrogen and oxygen atoms in total. The van der Waals surface area contributed by atoms with Crippen LogP contribution in [0.15, 0.2) is 42.5 Å². The van der Waals surface area contributed by atoms with Gasteiger partial charge in [0.15, 0.2) is 0 Å². The van der Waals surface area contributed by atoms with Crippen LogP contribution < -0.4 is 15.4 Å². The van der Waals surface area contributed by atoms with Crippen LogP contribution in [0.1, 0.15) is 19.8 Å². The van der Waals surface area contributed by atoms with Crippen molar-refractivity contribution in [2.75, 3.05) is 17.2 Å². The van der Waals surface area contributed by atoms with Gasteiger partial charge in [-0.15, -0.1) is 0 Å². The molecule has 0 unspecified atom stereocenters. The van der Waals surface area contributed by atoms with Crippen molar-refractivity contribution in [1.82, 2.24) is 0 Å². The van der Waals surface area contributed by atoms with Crippen molar-refractivity contribution in [3.8, 4) is 5.75 Å². The number of carbonyl (C=O) groups excluding carboxylic acids is 2. The number of rotatable bonds is 6. The first-order chi connectivity index (χ1) is 12.4. The van der Waals surface area contributed by atoms with Crippen LogP contribution in [-0.2, 0) is 9.59 Å². The Morgan fingerprint density at radius 1 is 1.04 bits per heavy atom. The molecule has 0 aromatic heterocycles. The van der Waals surface area contributed by atoms with E-state index in [1.807, 2.05) is 6.92 Å². The number of ether oxygens (including phenoxy) is 1. The van der Waals surface area contributed by atoms with Crippen LogP contribution in [0.25, 0.3) is 0 Å². The summed E-state index contributed by atoms with van der Waals surface area (Å²) in [5.74, 6) is 0.00221. The largest absolute Gasteiger partial charge is 0.494 e. The van der Waals surface area contributed by atoms with Crippen LogP contribution in [0.2, 0.25) is 10.0 Å². The van der Waals surface area contributed by atoms with Gasteiger partial charge in [-0.3, -0.25) is 9.59 Å². The molecule has 0 heterocycles. The molecule has 3 rings (SSSR count). The van der Waals surface area contributed by atoms with E-state index in [0.29, 0.717) is 40.9 Å². The molecule has 2 aromatic rings. The maximum atomic E-state index is 12.6. The highest BCUT2D eigenvalue weighted by molar-refractivity contribution is 6.36. The molecule has 1 aliphatic rings. The van der Waals surface area contributed by atoms with Crippen LogP contribution in [-0.4, -0.2) is 18.4 Å².